The van der Waals surface area contributed by atoms with E-state index >= 15 is 0 Å². The number of rotatable bonds is 6. The van der Waals surface area contributed by atoms with Crippen molar-refractivity contribution in [3.8, 4) is 18.4 Å². The van der Waals surface area contributed by atoms with Crippen molar-refractivity contribution in [2.75, 3.05) is 26.7 Å². The average molecular weight is 348 g/mol. The number of nitrogens with zero attached hydrogens (tertiary/aromatic N) is 3. The fourth-order valence-electron chi connectivity index (χ4n) is 2.61. The van der Waals surface area contributed by atoms with Gasteiger partial charge in [-0.05, 0) is 46.6 Å². The van der Waals surface area contributed by atoms with Crippen LogP contribution in [0.1, 0.15) is 40.0 Å². The fraction of sp³-hybridized carbons (Fsp3) is 0.722. The predicted molar refractivity (Wildman–Crippen MR) is 94.5 cm³/mol. The van der Waals surface area contributed by atoms with Crippen molar-refractivity contribution in [2.45, 2.75) is 57.7 Å². The van der Waals surface area contributed by atoms with Crippen molar-refractivity contribution in [3.63, 3.8) is 0 Å². The van der Waals surface area contributed by atoms with E-state index < -0.39 is 11.6 Å². The van der Waals surface area contributed by atoms with Crippen LogP contribution < -0.4 is 5.32 Å². The van der Waals surface area contributed by atoms with Crippen LogP contribution in [0.5, 0.6) is 0 Å². The summed E-state index contributed by atoms with van der Waals surface area (Å²) in [6, 6.07) is 1.40. The Bertz CT molecular complexity index is 534. The third-order valence-electron chi connectivity index (χ3n) is 3.84. The Kier molecular flexibility index (Phi) is 7.73. The first-order valence-corrected chi connectivity index (χ1v) is 8.51. The summed E-state index contributed by atoms with van der Waals surface area (Å²) in [5.41, 5.74) is -0.517. The van der Waals surface area contributed by atoms with Crippen molar-refractivity contribution >= 4 is 12.0 Å². The summed E-state index contributed by atoms with van der Waals surface area (Å²) >= 11 is 0. The molecule has 0 aromatic heterocycles. The van der Waals surface area contributed by atoms with Crippen molar-refractivity contribution in [3.05, 3.63) is 0 Å². The zero-order valence-corrected chi connectivity index (χ0v) is 15.5. The van der Waals surface area contributed by atoms with Gasteiger partial charge in [-0.25, -0.2) is 4.79 Å². The van der Waals surface area contributed by atoms with Crippen LogP contribution in [0.15, 0.2) is 0 Å². The highest BCUT2D eigenvalue weighted by atomic mass is 16.6. The van der Waals surface area contributed by atoms with Crippen LogP contribution >= 0.6 is 0 Å². The molecular formula is C18H28N4O3. The third kappa shape index (κ3) is 6.64. The van der Waals surface area contributed by atoms with Crippen molar-refractivity contribution < 1.29 is 14.3 Å². The molecule has 2 amide bonds. The molecule has 0 aromatic carbocycles. The van der Waals surface area contributed by atoms with Crippen molar-refractivity contribution in [2.24, 2.45) is 0 Å². The highest BCUT2D eigenvalue weighted by molar-refractivity contribution is 5.80. The first-order chi connectivity index (χ1) is 11.7. The molecule has 0 aliphatic carbocycles. The lowest BCUT2D eigenvalue weighted by Crippen LogP contribution is -2.45. The molecule has 0 spiro atoms. The van der Waals surface area contributed by atoms with Crippen LogP contribution in [-0.4, -0.2) is 66.2 Å². The minimum absolute atomic E-state index is 0.131. The van der Waals surface area contributed by atoms with Gasteiger partial charge in [0, 0.05) is 13.6 Å². The van der Waals surface area contributed by atoms with Gasteiger partial charge >= 0.3 is 6.09 Å². The number of nitriles is 1. The van der Waals surface area contributed by atoms with Gasteiger partial charge in [0.2, 0.25) is 5.91 Å². The lowest BCUT2D eigenvalue weighted by molar-refractivity contribution is -0.131. The maximum Gasteiger partial charge on any atom is 0.410 e. The molecule has 7 nitrogen and oxygen atoms in total. The monoisotopic (exact) mass is 348 g/mol. The highest BCUT2D eigenvalue weighted by Gasteiger charge is 2.35. The highest BCUT2D eigenvalue weighted by Crippen LogP contribution is 2.23. The number of nitrogens with one attached hydrogen (secondary N) is 1. The van der Waals surface area contributed by atoms with Crippen LogP contribution in [0.4, 0.5) is 4.79 Å². The summed E-state index contributed by atoms with van der Waals surface area (Å²) in [4.78, 5) is 27.1. The molecule has 1 N–H and O–H groups in total. The Hall–Kier alpha value is -2.25. The molecule has 1 rings (SSSR count). The van der Waals surface area contributed by atoms with E-state index in [0.29, 0.717) is 32.4 Å². The maximum absolute atomic E-state index is 12.3. The average Bonchev–Trinajstić information content (AvgIpc) is 2.95. The Morgan fingerprint density at radius 2 is 2.00 bits per heavy atom. The van der Waals surface area contributed by atoms with E-state index in [1.54, 1.807) is 7.05 Å². The SMILES string of the molecule is C#C[C@H]1CC[C@@H](C#N)N1C(=O)CNCCCN(C)C(=O)OC(C)(C)C. The molecule has 0 saturated carbocycles. The fourth-order valence-corrected chi connectivity index (χ4v) is 2.61. The van der Waals surface area contributed by atoms with Crippen molar-refractivity contribution in [1.29, 1.82) is 5.26 Å². The van der Waals surface area contributed by atoms with Crippen LogP contribution in [0.25, 0.3) is 0 Å². The molecule has 1 saturated heterocycles. The molecule has 7 heteroatoms. The smallest absolute Gasteiger partial charge is 0.410 e. The molecule has 138 valence electrons. The first-order valence-electron chi connectivity index (χ1n) is 8.51. The predicted octanol–water partition coefficient (Wildman–Crippen LogP) is 1.35. The van der Waals surface area contributed by atoms with E-state index in [9.17, 15) is 9.59 Å². The molecule has 0 unspecified atom stereocenters. The van der Waals surface area contributed by atoms with E-state index in [1.807, 2.05) is 20.8 Å². The largest absolute Gasteiger partial charge is 0.444 e. The zero-order chi connectivity index (χ0) is 19.0. The van der Waals surface area contributed by atoms with Crippen LogP contribution in [0.3, 0.4) is 0 Å². The van der Waals surface area contributed by atoms with Gasteiger partial charge < -0.3 is 19.9 Å². The number of terminal acetylenes is 1. The quantitative estimate of drug-likeness (QED) is 0.578. The summed E-state index contributed by atoms with van der Waals surface area (Å²) in [5, 5.41) is 12.2. The molecular weight excluding hydrogens is 320 g/mol. The molecule has 0 radical (unpaired) electrons. The molecule has 2 atom stereocenters. The second-order valence-electron chi connectivity index (χ2n) is 7.14. The Morgan fingerprint density at radius 3 is 2.56 bits per heavy atom. The standard InChI is InChI=1S/C18H28N4O3/c1-6-14-8-9-15(12-19)22(14)16(23)13-20-10-7-11-21(5)17(24)25-18(2,3)4/h1,14-15,20H,7-11,13H2,2-5H3/t14-,15-/m0/s1. The summed E-state index contributed by atoms with van der Waals surface area (Å²) in [7, 11) is 1.68. The second kappa shape index (κ2) is 9.29. The number of amides is 2. The van der Waals surface area contributed by atoms with Gasteiger partial charge in [-0.1, -0.05) is 5.92 Å². The Morgan fingerprint density at radius 1 is 1.36 bits per heavy atom. The van der Waals surface area contributed by atoms with Crippen LogP contribution in [-0.2, 0) is 9.53 Å². The number of hydrogen-bond donors (Lipinski definition) is 1. The van der Waals surface area contributed by atoms with Crippen LogP contribution in [0.2, 0.25) is 0 Å². The van der Waals surface area contributed by atoms with Gasteiger partial charge in [-0.3, -0.25) is 4.79 Å². The lowest BCUT2D eigenvalue weighted by atomic mass is 10.2. The molecule has 0 aromatic rings. The molecule has 1 fully saturated rings. The lowest BCUT2D eigenvalue weighted by Gasteiger charge is -2.25. The molecule has 1 aliphatic heterocycles. The number of carbonyl (C=O) groups is 2. The summed E-state index contributed by atoms with van der Waals surface area (Å²) < 4.78 is 5.27. The van der Waals surface area contributed by atoms with E-state index in [1.165, 1.54) is 9.80 Å². The van der Waals surface area contributed by atoms with Gasteiger partial charge in [-0.15, -0.1) is 6.42 Å². The first kappa shape index (κ1) is 20.8. The third-order valence-corrected chi connectivity index (χ3v) is 3.84. The minimum atomic E-state index is -0.517. The Labute approximate surface area is 150 Å². The number of hydrogen-bond acceptors (Lipinski definition) is 5. The molecule has 1 aliphatic rings. The van der Waals surface area contributed by atoms with Crippen molar-refractivity contribution in [1.82, 2.24) is 15.1 Å². The topological polar surface area (TPSA) is 85.7 Å². The van der Waals surface area contributed by atoms with E-state index in [2.05, 4.69) is 17.3 Å². The number of likely N-dealkylation sites (tertiary alicyclic amines) is 1. The summed E-state index contributed by atoms with van der Waals surface area (Å²) in [5.74, 6) is 2.42. The zero-order valence-electron chi connectivity index (χ0n) is 15.5. The van der Waals surface area contributed by atoms with Gasteiger partial charge in [0.05, 0.1) is 18.7 Å². The van der Waals surface area contributed by atoms with Gasteiger partial charge in [0.25, 0.3) is 0 Å². The molecule has 1 heterocycles. The summed E-state index contributed by atoms with van der Waals surface area (Å²) in [6.45, 7) is 6.69. The number of ether oxygens (including phenoxy) is 1. The normalized spacial score (nSPS) is 19.8. The second-order valence-corrected chi connectivity index (χ2v) is 7.14. The summed E-state index contributed by atoms with van der Waals surface area (Å²) in [6.07, 6.45) is 7.05. The van der Waals surface area contributed by atoms with Crippen LogP contribution in [0, 0.1) is 23.7 Å². The maximum atomic E-state index is 12.3. The molecule has 25 heavy (non-hydrogen) atoms. The number of carbonyl (C=O) groups excluding carboxylic acids is 2. The van der Waals surface area contributed by atoms with Gasteiger partial charge in [-0.2, -0.15) is 5.26 Å². The van der Waals surface area contributed by atoms with Gasteiger partial charge in [0.15, 0.2) is 0 Å². The molecule has 0 bridgehead atoms. The van der Waals surface area contributed by atoms with E-state index in [4.69, 9.17) is 16.4 Å². The van der Waals surface area contributed by atoms with Gasteiger partial charge in [0.1, 0.15) is 11.6 Å². The minimum Gasteiger partial charge on any atom is -0.444 e. The Balaban J connectivity index is 2.29. The van der Waals surface area contributed by atoms with E-state index in [-0.39, 0.29) is 24.6 Å². The van der Waals surface area contributed by atoms with E-state index in [0.717, 1.165) is 0 Å².